The number of carbonyl (C=O) groups excluding carboxylic acids is 1. The number of hydrogen-bond acceptors (Lipinski definition) is 3. The van der Waals surface area contributed by atoms with Gasteiger partial charge in [0, 0.05) is 6.42 Å². The molecule has 2 rings (SSSR count). The van der Waals surface area contributed by atoms with Gasteiger partial charge in [-0.3, -0.25) is 4.79 Å². The molecule has 3 nitrogen and oxygen atoms in total. The standard InChI is InChI=1S/C13H16O3/c1-16-11-7-5-10(6-8-11)13(15)9-3-2-4-12(13)14/h5-8,15H,2-4,9H2,1H3/t13-/m0/s1. The van der Waals surface area contributed by atoms with Crippen molar-refractivity contribution < 1.29 is 14.6 Å². The number of carbonyl (C=O) groups is 1. The fourth-order valence-corrected chi connectivity index (χ4v) is 2.18. The molecule has 1 aromatic carbocycles. The summed E-state index contributed by atoms with van der Waals surface area (Å²) in [7, 11) is 1.59. The van der Waals surface area contributed by atoms with Gasteiger partial charge in [0.15, 0.2) is 5.78 Å². The molecule has 3 heteroatoms. The summed E-state index contributed by atoms with van der Waals surface area (Å²) in [5, 5.41) is 10.4. The lowest BCUT2D eigenvalue weighted by atomic mass is 9.78. The molecule has 16 heavy (non-hydrogen) atoms. The third-order valence-corrected chi connectivity index (χ3v) is 3.22. The molecule has 0 bridgehead atoms. The van der Waals surface area contributed by atoms with E-state index in [1.54, 1.807) is 31.4 Å². The van der Waals surface area contributed by atoms with Crippen molar-refractivity contribution in [2.24, 2.45) is 0 Å². The number of ketones is 1. The van der Waals surface area contributed by atoms with Gasteiger partial charge in [-0.25, -0.2) is 0 Å². The van der Waals surface area contributed by atoms with Crippen LogP contribution in [0.1, 0.15) is 31.2 Å². The average molecular weight is 220 g/mol. The van der Waals surface area contributed by atoms with Crippen LogP contribution in [0.25, 0.3) is 0 Å². The highest BCUT2D eigenvalue weighted by atomic mass is 16.5. The number of hydrogen-bond donors (Lipinski definition) is 1. The van der Waals surface area contributed by atoms with Crippen molar-refractivity contribution >= 4 is 5.78 Å². The Morgan fingerprint density at radius 1 is 1.25 bits per heavy atom. The zero-order valence-corrected chi connectivity index (χ0v) is 9.40. The number of aliphatic hydroxyl groups is 1. The lowest BCUT2D eigenvalue weighted by Gasteiger charge is -2.30. The lowest BCUT2D eigenvalue weighted by Crippen LogP contribution is -2.38. The summed E-state index contributed by atoms with van der Waals surface area (Å²) in [6.07, 6.45) is 2.78. The number of rotatable bonds is 2. The minimum Gasteiger partial charge on any atom is -0.497 e. The van der Waals surface area contributed by atoms with Gasteiger partial charge in [-0.1, -0.05) is 12.1 Å². The highest BCUT2D eigenvalue weighted by molar-refractivity contribution is 5.88. The monoisotopic (exact) mass is 220 g/mol. The zero-order chi connectivity index (χ0) is 11.6. The average Bonchev–Trinajstić information content (AvgIpc) is 2.33. The maximum Gasteiger partial charge on any atom is 0.168 e. The number of ether oxygens (including phenoxy) is 1. The Hall–Kier alpha value is -1.35. The highest BCUT2D eigenvalue weighted by Gasteiger charge is 2.38. The van der Waals surface area contributed by atoms with E-state index >= 15 is 0 Å². The van der Waals surface area contributed by atoms with Crippen LogP contribution in [0.5, 0.6) is 5.75 Å². The number of methoxy groups -OCH3 is 1. The molecule has 0 heterocycles. The van der Waals surface area contributed by atoms with E-state index in [2.05, 4.69) is 0 Å². The van der Waals surface area contributed by atoms with Crippen molar-refractivity contribution in [3.8, 4) is 5.75 Å². The second-order valence-corrected chi connectivity index (χ2v) is 4.22. The summed E-state index contributed by atoms with van der Waals surface area (Å²) >= 11 is 0. The molecule has 86 valence electrons. The van der Waals surface area contributed by atoms with Crippen LogP contribution >= 0.6 is 0 Å². The van der Waals surface area contributed by atoms with Crippen molar-refractivity contribution in [2.45, 2.75) is 31.3 Å². The number of benzene rings is 1. The first-order valence-electron chi connectivity index (χ1n) is 5.57. The van der Waals surface area contributed by atoms with Gasteiger partial charge in [0.1, 0.15) is 11.4 Å². The van der Waals surface area contributed by atoms with E-state index in [9.17, 15) is 9.90 Å². The molecule has 0 unspecified atom stereocenters. The molecule has 0 aliphatic heterocycles. The Bertz CT molecular complexity index is 383. The summed E-state index contributed by atoms with van der Waals surface area (Å²) in [6.45, 7) is 0. The lowest BCUT2D eigenvalue weighted by molar-refractivity contribution is -0.142. The second-order valence-electron chi connectivity index (χ2n) is 4.22. The van der Waals surface area contributed by atoms with Gasteiger partial charge in [-0.15, -0.1) is 0 Å². The largest absolute Gasteiger partial charge is 0.497 e. The zero-order valence-electron chi connectivity index (χ0n) is 9.40. The Balaban J connectivity index is 2.30. The molecule has 0 amide bonds. The predicted molar refractivity (Wildman–Crippen MR) is 60.4 cm³/mol. The second kappa shape index (κ2) is 4.26. The molecule has 1 aromatic rings. The van der Waals surface area contributed by atoms with Crippen LogP contribution in [0.4, 0.5) is 0 Å². The summed E-state index contributed by atoms with van der Waals surface area (Å²) < 4.78 is 5.05. The first kappa shape index (κ1) is 11.1. The topological polar surface area (TPSA) is 46.5 Å². The van der Waals surface area contributed by atoms with Gasteiger partial charge in [0.2, 0.25) is 0 Å². The molecule has 1 aliphatic carbocycles. The molecule has 1 aliphatic rings. The molecule has 1 atom stereocenters. The fourth-order valence-electron chi connectivity index (χ4n) is 2.18. The van der Waals surface area contributed by atoms with Gasteiger partial charge in [0.05, 0.1) is 7.11 Å². The number of Topliss-reactive ketones (excluding diaryl/α,β-unsaturated/α-hetero) is 1. The van der Waals surface area contributed by atoms with E-state index < -0.39 is 5.60 Å². The SMILES string of the molecule is COc1ccc([C@@]2(O)CCCCC2=O)cc1. The van der Waals surface area contributed by atoms with Crippen LogP contribution < -0.4 is 4.74 Å². The molecule has 1 saturated carbocycles. The van der Waals surface area contributed by atoms with E-state index in [0.29, 0.717) is 18.4 Å². The van der Waals surface area contributed by atoms with E-state index in [0.717, 1.165) is 18.6 Å². The van der Waals surface area contributed by atoms with E-state index in [-0.39, 0.29) is 5.78 Å². The summed E-state index contributed by atoms with van der Waals surface area (Å²) in [4.78, 5) is 11.8. The van der Waals surface area contributed by atoms with Gasteiger partial charge >= 0.3 is 0 Å². The molecular formula is C13H16O3. The van der Waals surface area contributed by atoms with Gasteiger partial charge < -0.3 is 9.84 Å². The minimum atomic E-state index is -1.27. The summed E-state index contributed by atoms with van der Waals surface area (Å²) in [5.41, 5.74) is -0.595. The minimum absolute atomic E-state index is 0.0658. The smallest absolute Gasteiger partial charge is 0.168 e. The van der Waals surface area contributed by atoms with Crippen LogP contribution in [-0.2, 0) is 10.4 Å². The summed E-state index contributed by atoms with van der Waals surface area (Å²) in [5.74, 6) is 0.666. The van der Waals surface area contributed by atoms with Crippen molar-refractivity contribution in [3.63, 3.8) is 0 Å². The Morgan fingerprint density at radius 2 is 1.94 bits per heavy atom. The van der Waals surface area contributed by atoms with Crippen LogP contribution in [0.2, 0.25) is 0 Å². The molecule has 0 aromatic heterocycles. The maximum atomic E-state index is 11.8. The Kier molecular flexibility index (Phi) is 2.97. The maximum absolute atomic E-state index is 11.8. The predicted octanol–water partition coefficient (Wildman–Crippen LogP) is 2.03. The Morgan fingerprint density at radius 3 is 2.50 bits per heavy atom. The van der Waals surface area contributed by atoms with E-state index in [1.807, 2.05) is 0 Å². The molecule has 1 fully saturated rings. The molecule has 0 saturated heterocycles. The van der Waals surface area contributed by atoms with Crippen molar-refractivity contribution in [1.82, 2.24) is 0 Å². The molecule has 0 radical (unpaired) electrons. The quantitative estimate of drug-likeness (QED) is 0.829. The van der Waals surface area contributed by atoms with E-state index in [4.69, 9.17) is 4.74 Å². The first-order chi connectivity index (χ1) is 7.66. The normalized spacial score (nSPS) is 25.5. The van der Waals surface area contributed by atoms with Crippen molar-refractivity contribution in [3.05, 3.63) is 29.8 Å². The fraction of sp³-hybridized carbons (Fsp3) is 0.462. The van der Waals surface area contributed by atoms with Crippen LogP contribution in [0.3, 0.4) is 0 Å². The van der Waals surface area contributed by atoms with Gasteiger partial charge in [0.25, 0.3) is 0 Å². The first-order valence-corrected chi connectivity index (χ1v) is 5.57. The van der Waals surface area contributed by atoms with Gasteiger partial charge in [-0.05, 0) is 37.0 Å². The Labute approximate surface area is 95.0 Å². The molecular weight excluding hydrogens is 204 g/mol. The summed E-state index contributed by atoms with van der Waals surface area (Å²) in [6, 6.07) is 7.08. The van der Waals surface area contributed by atoms with Crippen LogP contribution in [0, 0.1) is 0 Å². The van der Waals surface area contributed by atoms with Crippen LogP contribution in [-0.4, -0.2) is 18.0 Å². The molecule has 1 N–H and O–H groups in total. The van der Waals surface area contributed by atoms with Crippen molar-refractivity contribution in [2.75, 3.05) is 7.11 Å². The molecule has 0 spiro atoms. The highest BCUT2D eigenvalue weighted by Crippen LogP contribution is 2.34. The van der Waals surface area contributed by atoms with Crippen LogP contribution in [0.15, 0.2) is 24.3 Å². The van der Waals surface area contributed by atoms with E-state index in [1.165, 1.54) is 0 Å². The van der Waals surface area contributed by atoms with Gasteiger partial charge in [-0.2, -0.15) is 0 Å². The third kappa shape index (κ3) is 1.83. The third-order valence-electron chi connectivity index (χ3n) is 3.22. The van der Waals surface area contributed by atoms with Crippen molar-refractivity contribution in [1.29, 1.82) is 0 Å².